The van der Waals surface area contributed by atoms with Crippen molar-refractivity contribution in [3.63, 3.8) is 0 Å². The summed E-state index contributed by atoms with van der Waals surface area (Å²) in [5.74, 6) is 0.875. The van der Waals surface area contributed by atoms with E-state index in [2.05, 4.69) is 27.0 Å². The van der Waals surface area contributed by atoms with Crippen molar-refractivity contribution < 1.29 is 4.74 Å². The minimum atomic E-state index is 0.356. The van der Waals surface area contributed by atoms with Gasteiger partial charge in [0, 0.05) is 11.2 Å². The molecule has 0 aliphatic carbocycles. The van der Waals surface area contributed by atoms with Crippen LogP contribution < -0.4 is 4.74 Å². The van der Waals surface area contributed by atoms with Gasteiger partial charge in [0.2, 0.25) is 11.7 Å². The zero-order chi connectivity index (χ0) is 15.4. The molecule has 0 aliphatic heterocycles. The third-order valence-corrected chi connectivity index (χ3v) is 3.07. The predicted octanol–water partition coefficient (Wildman–Crippen LogP) is 2.94. The van der Waals surface area contributed by atoms with Gasteiger partial charge in [-0.15, -0.1) is 15.0 Å². The molecule has 0 atom stereocenters. The van der Waals surface area contributed by atoms with Gasteiger partial charge in [0.15, 0.2) is 0 Å². The Morgan fingerprint density at radius 2 is 2.05 bits per heavy atom. The van der Waals surface area contributed by atoms with Crippen LogP contribution >= 0.6 is 11.6 Å². The molecule has 6 nitrogen and oxygen atoms in total. The van der Waals surface area contributed by atoms with Crippen molar-refractivity contribution in [2.45, 2.75) is 0 Å². The molecule has 0 unspecified atom stereocenters. The van der Waals surface area contributed by atoms with Crippen molar-refractivity contribution in [2.75, 3.05) is 6.61 Å². The second-order valence-electron chi connectivity index (χ2n) is 4.33. The summed E-state index contributed by atoms with van der Waals surface area (Å²) >= 11 is 5.87. The lowest BCUT2D eigenvalue weighted by Crippen LogP contribution is -2.00. The Morgan fingerprint density at radius 3 is 2.82 bits per heavy atom. The van der Waals surface area contributed by atoms with E-state index in [9.17, 15) is 0 Å². The Hall–Kier alpha value is -2.73. The maximum Gasteiger partial charge on any atom is 0.225 e. The summed E-state index contributed by atoms with van der Waals surface area (Å²) in [6, 6.07) is 10.8. The highest BCUT2D eigenvalue weighted by molar-refractivity contribution is 6.30. The first-order chi connectivity index (χ1) is 10.8. The minimum absolute atomic E-state index is 0.356. The van der Waals surface area contributed by atoms with Gasteiger partial charge in [-0.05, 0) is 41.6 Å². The van der Waals surface area contributed by atoms with E-state index >= 15 is 0 Å². The van der Waals surface area contributed by atoms with Crippen LogP contribution in [-0.2, 0) is 0 Å². The molecule has 2 heterocycles. The van der Waals surface area contributed by atoms with Crippen molar-refractivity contribution in [1.29, 1.82) is 0 Å². The molecule has 3 rings (SSSR count). The fourth-order valence-corrected chi connectivity index (χ4v) is 1.95. The van der Waals surface area contributed by atoms with Gasteiger partial charge in [-0.3, -0.25) is 0 Å². The summed E-state index contributed by atoms with van der Waals surface area (Å²) in [5.41, 5.74) is 1.44. The highest BCUT2D eigenvalue weighted by Crippen LogP contribution is 2.24. The van der Waals surface area contributed by atoms with E-state index in [-0.39, 0.29) is 0 Å². The van der Waals surface area contributed by atoms with Crippen LogP contribution in [0.2, 0.25) is 5.02 Å². The van der Waals surface area contributed by atoms with E-state index in [4.69, 9.17) is 16.3 Å². The summed E-state index contributed by atoms with van der Waals surface area (Å²) in [6.45, 7) is 3.97. The van der Waals surface area contributed by atoms with Crippen LogP contribution in [0.25, 0.3) is 17.1 Å². The second-order valence-corrected chi connectivity index (χ2v) is 4.77. The lowest BCUT2D eigenvalue weighted by atomic mass is 10.2. The van der Waals surface area contributed by atoms with Crippen LogP contribution in [0.4, 0.5) is 0 Å². The quantitative estimate of drug-likeness (QED) is 0.678. The van der Waals surface area contributed by atoms with Crippen molar-refractivity contribution in [3.8, 4) is 23.0 Å². The SMILES string of the molecule is C=CCOc1ncccc1-c1nnn(-c2ccc(Cl)cc2)n1. The molecule has 110 valence electrons. The molecule has 0 aliphatic rings. The number of pyridine rings is 1. The molecule has 0 amide bonds. The van der Waals surface area contributed by atoms with E-state index in [0.717, 1.165) is 5.69 Å². The molecule has 7 heteroatoms. The van der Waals surface area contributed by atoms with Gasteiger partial charge < -0.3 is 4.74 Å². The van der Waals surface area contributed by atoms with Crippen LogP contribution in [0.5, 0.6) is 5.88 Å². The fraction of sp³-hybridized carbons (Fsp3) is 0.0667. The molecular formula is C15H12ClN5O. The number of ether oxygens (including phenoxy) is 1. The topological polar surface area (TPSA) is 65.7 Å². The number of tetrazole rings is 1. The van der Waals surface area contributed by atoms with Gasteiger partial charge in [0.1, 0.15) is 6.61 Å². The van der Waals surface area contributed by atoms with Crippen molar-refractivity contribution in [1.82, 2.24) is 25.2 Å². The molecule has 0 fully saturated rings. The number of hydrogen-bond donors (Lipinski definition) is 0. The van der Waals surface area contributed by atoms with Gasteiger partial charge in [0.25, 0.3) is 0 Å². The zero-order valence-corrected chi connectivity index (χ0v) is 12.3. The van der Waals surface area contributed by atoms with Crippen molar-refractivity contribution in [2.24, 2.45) is 0 Å². The second kappa shape index (κ2) is 6.36. The lowest BCUT2D eigenvalue weighted by Gasteiger charge is -2.05. The average molecular weight is 314 g/mol. The molecule has 0 N–H and O–H groups in total. The van der Waals surface area contributed by atoms with Gasteiger partial charge in [0.05, 0.1) is 11.3 Å². The number of benzene rings is 1. The summed E-state index contributed by atoms with van der Waals surface area (Å²) in [7, 11) is 0. The molecular weight excluding hydrogens is 302 g/mol. The summed E-state index contributed by atoms with van der Waals surface area (Å²) in [5, 5.41) is 13.1. The third kappa shape index (κ3) is 2.96. The van der Waals surface area contributed by atoms with E-state index in [1.165, 1.54) is 4.80 Å². The normalized spacial score (nSPS) is 10.4. The summed E-state index contributed by atoms with van der Waals surface area (Å²) in [4.78, 5) is 5.61. The van der Waals surface area contributed by atoms with E-state index in [1.807, 2.05) is 18.2 Å². The van der Waals surface area contributed by atoms with Crippen LogP contribution in [0.1, 0.15) is 0 Å². The highest BCUT2D eigenvalue weighted by atomic mass is 35.5. The molecule has 22 heavy (non-hydrogen) atoms. The number of rotatable bonds is 5. The lowest BCUT2D eigenvalue weighted by molar-refractivity contribution is 0.350. The smallest absolute Gasteiger partial charge is 0.225 e. The maximum absolute atomic E-state index is 5.87. The van der Waals surface area contributed by atoms with Crippen LogP contribution in [0.15, 0.2) is 55.3 Å². The first kappa shape index (κ1) is 14.2. The summed E-state index contributed by atoms with van der Waals surface area (Å²) < 4.78 is 5.51. The first-order valence-electron chi connectivity index (χ1n) is 6.53. The van der Waals surface area contributed by atoms with Crippen LogP contribution in [-0.4, -0.2) is 31.8 Å². The van der Waals surface area contributed by atoms with Gasteiger partial charge in [-0.2, -0.15) is 0 Å². The first-order valence-corrected chi connectivity index (χ1v) is 6.91. The van der Waals surface area contributed by atoms with Gasteiger partial charge in [-0.1, -0.05) is 24.3 Å². The molecule has 3 aromatic rings. The fourth-order valence-electron chi connectivity index (χ4n) is 1.82. The Morgan fingerprint density at radius 1 is 1.23 bits per heavy atom. The molecule has 0 radical (unpaired) electrons. The highest BCUT2D eigenvalue weighted by Gasteiger charge is 2.13. The van der Waals surface area contributed by atoms with E-state index in [0.29, 0.717) is 28.9 Å². The number of hydrogen-bond acceptors (Lipinski definition) is 5. The minimum Gasteiger partial charge on any atom is -0.473 e. The number of aromatic nitrogens is 5. The molecule has 0 spiro atoms. The largest absolute Gasteiger partial charge is 0.473 e. The van der Waals surface area contributed by atoms with Crippen LogP contribution in [0.3, 0.4) is 0 Å². The number of halogens is 1. The van der Waals surface area contributed by atoms with E-state index < -0.39 is 0 Å². The van der Waals surface area contributed by atoms with Gasteiger partial charge in [-0.25, -0.2) is 4.98 Å². The molecule has 1 aromatic carbocycles. The Bertz CT molecular complexity index is 785. The van der Waals surface area contributed by atoms with Crippen molar-refractivity contribution >= 4 is 11.6 Å². The molecule has 2 aromatic heterocycles. The molecule has 0 bridgehead atoms. The Balaban J connectivity index is 1.94. The van der Waals surface area contributed by atoms with E-state index in [1.54, 1.807) is 30.5 Å². The Kier molecular flexibility index (Phi) is 4.11. The zero-order valence-electron chi connectivity index (χ0n) is 11.6. The van der Waals surface area contributed by atoms with Crippen LogP contribution in [0, 0.1) is 0 Å². The maximum atomic E-state index is 5.87. The predicted molar refractivity (Wildman–Crippen MR) is 83.1 cm³/mol. The summed E-state index contributed by atoms with van der Waals surface area (Å²) in [6.07, 6.45) is 3.29. The third-order valence-electron chi connectivity index (χ3n) is 2.82. The monoisotopic (exact) mass is 313 g/mol. The number of nitrogens with zero attached hydrogens (tertiary/aromatic N) is 5. The standard InChI is InChI=1S/C15H12ClN5O/c1-2-10-22-15-13(4-3-9-17-15)14-18-20-21(19-14)12-7-5-11(16)6-8-12/h2-9H,1,10H2. The Labute approximate surface area is 132 Å². The molecule has 0 saturated heterocycles. The molecule has 0 saturated carbocycles. The van der Waals surface area contributed by atoms with Crippen molar-refractivity contribution in [3.05, 3.63) is 60.3 Å². The average Bonchev–Trinajstić information content (AvgIpc) is 3.03. The van der Waals surface area contributed by atoms with Gasteiger partial charge >= 0.3 is 0 Å².